The van der Waals surface area contributed by atoms with Crippen LogP contribution in [0.3, 0.4) is 0 Å². The van der Waals surface area contributed by atoms with Crippen molar-refractivity contribution in [1.29, 1.82) is 0 Å². The van der Waals surface area contributed by atoms with Gasteiger partial charge in [0, 0.05) is 25.0 Å². The zero-order valence-electron chi connectivity index (χ0n) is 16.9. The summed E-state index contributed by atoms with van der Waals surface area (Å²) in [6, 6.07) is 7.99. The molecule has 1 N–H and O–H groups in total. The van der Waals surface area contributed by atoms with E-state index in [0.717, 1.165) is 34.9 Å². The third-order valence-corrected chi connectivity index (χ3v) is 6.74. The fourth-order valence-electron chi connectivity index (χ4n) is 3.08. The zero-order chi connectivity index (χ0) is 20.6. The molecule has 1 aliphatic heterocycles. The van der Waals surface area contributed by atoms with Crippen LogP contribution >= 0.6 is 23.5 Å². The van der Waals surface area contributed by atoms with Crippen LogP contribution in [-0.2, 0) is 28.9 Å². The first-order valence-corrected chi connectivity index (χ1v) is 11.9. The summed E-state index contributed by atoms with van der Waals surface area (Å²) in [6.45, 7) is 3.03. The van der Waals surface area contributed by atoms with Crippen molar-refractivity contribution in [3.63, 3.8) is 0 Å². The van der Waals surface area contributed by atoms with Crippen molar-refractivity contribution in [3.05, 3.63) is 45.9 Å². The maximum absolute atomic E-state index is 12.8. The third-order valence-electron chi connectivity index (χ3n) is 4.66. The number of anilines is 1. The SMILES string of the molecule is CCCCc1ccc(NC(=O)CSc2nc3c(c(=O)n2CCOC)SCC3)cc1. The minimum atomic E-state index is -0.112. The van der Waals surface area contributed by atoms with Crippen molar-refractivity contribution in [2.24, 2.45) is 0 Å². The number of aryl methyl sites for hydroxylation is 2. The van der Waals surface area contributed by atoms with Gasteiger partial charge < -0.3 is 10.1 Å². The van der Waals surface area contributed by atoms with Gasteiger partial charge in [-0.25, -0.2) is 4.98 Å². The van der Waals surface area contributed by atoms with Crippen molar-refractivity contribution in [3.8, 4) is 0 Å². The number of carbonyl (C=O) groups is 1. The molecule has 0 saturated heterocycles. The molecule has 2 heterocycles. The second-order valence-corrected chi connectivity index (χ2v) is 8.90. The normalized spacial score (nSPS) is 12.8. The quantitative estimate of drug-likeness (QED) is 0.456. The number of fused-ring (bicyclic) bond motifs is 1. The van der Waals surface area contributed by atoms with Crippen LogP contribution in [0.5, 0.6) is 0 Å². The number of unbranched alkanes of at least 4 members (excludes halogenated alkanes) is 1. The summed E-state index contributed by atoms with van der Waals surface area (Å²) < 4.78 is 6.76. The summed E-state index contributed by atoms with van der Waals surface area (Å²) in [6.07, 6.45) is 4.19. The van der Waals surface area contributed by atoms with Gasteiger partial charge >= 0.3 is 0 Å². The number of thioether (sulfide) groups is 2. The lowest BCUT2D eigenvalue weighted by Gasteiger charge is -2.13. The molecular weight excluding hydrogens is 406 g/mol. The van der Waals surface area contributed by atoms with E-state index in [0.29, 0.717) is 18.3 Å². The molecule has 1 aromatic heterocycles. The fraction of sp³-hybridized carbons (Fsp3) is 0.476. The van der Waals surface area contributed by atoms with Crippen molar-refractivity contribution < 1.29 is 9.53 Å². The van der Waals surface area contributed by atoms with Crippen LogP contribution in [-0.4, -0.2) is 40.7 Å². The fourth-order valence-corrected chi connectivity index (χ4v) is 4.96. The maximum Gasteiger partial charge on any atom is 0.268 e. The molecule has 0 bridgehead atoms. The van der Waals surface area contributed by atoms with Gasteiger partial charge in [0.25, 0.3) is 5.56 Å². The molecule has 0 fully saturated rings. The summed E-state index contributed by atoms with van der Waals surface area (Å²) in [5.74, 6) is 0.965. The standard InChI is InChI=1S/C21H27N3O3S2/c1-3-4-5-15-6-8-16(9-7-15)22-18(25)14-29-21-23-17-10-13-28-19(17)20(26)24(21)11-12-27-2/h6-9H,3-5,10-14H2,1-2H3,(H,22,25). The van der Waals surface area contributed by atoms with Gasteiger partial charge in [0.1, 0.15) is 0 Å². The van der Waals surface area contributed by atoms with Gasteiger partial charge in [-0.1, -0.05) is 37.2 Å². The van der Waals surface area contributed by atoms with E-state index in [1.54, 1.807) is 23.4 Å². The van der Waals surface area contributed by atoms with Gasteiger partial charge in [-0.05, 0) is 30.5 Å². The van der Waals surface area contributed by atoms with E-state index >= 15 is 0 Å². The summed E-state index contributed by atoms with van der Waals surface area (Å²) in [7, 11) is 1.61. The number of hydrogen-bond acceptors (Lipinski definition) is 6. The topological polar surface area (TPSA) is 73.2 Å². The number of carbonyl (C=O) groups excluding carboxylic acids is 1. The van der Waals surface area contributed by atoms with Crippen molar-refractivity contribution in [2.45, 2.75) is 49.2 Å². The van der Waals surface area contributed by atoms with E-state index in [9.17, 15) is 9.59 Å². The molecule has 2 aromatic rings. The summed E-state index contributed by atoms with van der Waals surface area (Å²) in [4.78, 5) is 30.6. The van der Waals surface area contributed by atoms with Crippen molar-refractivity contribution >= 4 is 35.1 Å². The Morgan fingerprint density at radius 1 is 1.34 bits per heavy atom. The molecule has 156 valence electrons. The maximum atomic E-state index is 12.8. The van der Waals surface area contributed by atoms with Crippen LogP contribution in [0.25, 0.3) is 0 Å². The van der Waals surface area contributed by atoms with E-state index in [2.05, 4.69) is 29.4 Å². The Morgan fingerprint density at radius 3 is 2.86 bits per heavy atom. The first kappa shape index (κ1) is 21.9. The molecule has 3 rings (SSSR count). The second-order valence-electron chi connectivity index (χ2n) is 6.86. The van der Waals surface area contributed by atoms with Gasteiger partial charge in [-0.15, -0.1) is 11.8 Å². The van der Waals surface area contributed by atoms with E-state index < -0.39 is 0 Å². The number of amides is 1. The average molecular weight is 434 g/mol. The van der Waals surface area contributed by atoms with Gasteiger partial charge in [-0.2, -0.15) is 0 Å². The Hall–Kier alpha value is -1.77. The molecule has 0 saturated carbocycles. The van der Waals surface area contributed by atoms with Gasteiger partial charge in [0.05, 0.1) is 29.5 Å². The first-order valence-electron chi connectivity index (χ1n) is 9.89. The minimum Gasteiger partial charge on any atom is -0.383 e. The van der Waals surface area contributed by atoms with Crippen LogP contribution in [0.4, 0.5) is 5.69 Å². The highest BCUT2D eigenvalue weighted by molar-refractivity contribution is 8.00. The van der Waals surface area contributed by atoms with Crippen LogP contribution in [0.2, 0.25) is 0 Å². The van der Waals surface area contributed by atoms with Crippen molar-refractivity contribution in [2.75, 3.05) is 30.5 Å². The molecule has 8 heteroatoms. The number of benzene rings is 1. The molecule has 1 aliphatic rings. The van der Waals surface area contributed by atoms with Crippen molar-refractivity contribution in [1.82, 2.24) is 9.55 Å². The number of nitrogens with one attached hydrogen (secondary N) is 1. The minimum absolute atomic E-state index is 0.0277. The summed E-state index contributed by atoms with van der Waals surface area (Å²) in [5, 5.41) is 3.50. The average Bonchev–Trinajstić information content (AvgIpc) is 3.20. The highest BCUT2D eigenvalue weighted by atomic mass is 32.2. The highest BCUT2D eigenvalue weighted by Gasteiger charge is 2.22. The molecule has 6 nitrogen and oxygen atoms in total. The van der Waals surface area contributed by atoms with Crippen LogP contribution < -0.4 is 10.9 Å². The second kappa shape index (κ2) is 10.8. The Morgan fingerprint density at radius 2 is 2.14 bits per heavy atom. The predicted octanol–water partition coefficient (Wildman–Crippen LogP) is 3.61. The van der Waals surface area contributed by atoms with Gasteiger partial charge in [-0.3, -0.25) is 14.2 Å². The Bertz CT molecular complexity index is 897. The lowest BCUT2D eigenvalue weighted by atomic mass is 10.1. The lowest BCUT2D eigenvalue weighted by molar-refractivity contribution is -0.113. The smallest absolute Gasteiger partial charge is 0.268 e. The molecule has 0 aliphatic carbocycles. The first-order chi connectivity index (χ1) is 14.1. The van der Waals surface area contributed by atoms with E-state index in [-0.39, 0.29) is 17.2 Å². The van der Waals surface area contributed by atoms with Gasteiger partial charge in [0.15, 0.2) is 5.16 Å². The molecule has 0 radical (unpaired) electrons. The zero-order valence-corrected chi connectivity index (χ0v) is 18.5. The van der Waals surface area contributed by atoms with E-state index in [1.807, 2.05) is 12.1 Å². The Labute approximate surface area is 179 Å². The number of ether oxygens (including phenoxy) is 1. The predicted molar refractivity (Wildman–Crippen MR) is 119 cm³/mol. The Kier molecular flexibility index (Phi) is 8.20. The molecule has 1 amide bonds. The van der Waals surface area contributed by atoms with Crippen LogP contribution in [0, 0.1) is 0 Å². The third kappa shape index (κ3) is 5.87. The lowest BCUT2D eigenvalue weighted by Crippen LogP contribution is -2.27. The summed E-state index contributed by atoms with van der Waals surface area (Å²) in [5.41, 5.74) is 2.88. The Balaban J connectivity index is 1.63. The number of methoxy groups -OCH3 is 1. The molecule has 1 aromatic carbocycles. The largest absolute Gasteiger partial charge is 0.383 e. The number of hydrogen-bond donors (Lipinski definition) is 1. The molecule has 0 atom stereocenters. The monoisotopic (exact) mass is 433 g/mol. The highest BCUT2D eigenvalue weighted by Crippen LogP contribution is 2.28. The van der Waals surface area contributed by atoms with Crippen LogP contribution in [0.15, 0.2) is 39.1 Å². The molecular formula is C21H27N3O3S2. The molecule has 29 heavy (non-hydrogen) atoms. The van der Waals surface area contributed by atoms with E-state index in [4.69, 9.17) is 4.74 Å². The molecule has 0 spiro atoms. The number of nitrogens with zero attached hydrogens (tertiary/aromatic N) is 2. The van der Waals surface area contributed by atoms with E-state index in [1.165, 1.54) is 30.2 Å². The number of aromatic nitrogens is 2. The summed E-state index contributed by atoms with van der Waals surface area (Å²) >= 11 is 2.85. The molecule has 0 unspecified atom stereocenters. The van der Waals surface area contributed by atoms with Crippen LogP contribution in [0.1, 0.15) is 31.0 Å². The number of rotatable bonds is 10. The van der Waals surface area contributed by atoms with Gasteiger partial charge in [0.2, 0.25) is 5.91 Å².